The van der Waals surface area contributed by atoms with E-state index in [-0.39, 0.29) is 24.0 Å². The number of rotatable bonds is 6. The number of hydrogen-bond acceptors (Lipinski definition) is 1. The van der Waals surface area contributed by atoms with E-state index in [1.54, 1.807) is 0 Å². The second-order valence-electron chi connectivity index (χ2n) is 4.82. The molecule has 108 valence electrons. The van der Waals surface area contributed by atoms with Crippen LogP contribution in [0.1, 0.15) is 43.7 Å². The van der Waals surface area contributed by atoms with Crippen molar-refractivity contribution in [3.8, 4) is 0 Å². The topological polar surface area (TPSA) is 50.4 Å². The highest BCUT2D eigenvalue weighted by molar-refractivity contribution is 14.0. The van der Waals surface area contributed by atoms with Crippen LogP contribution in [0.25, 0.3) is 0 Å². The average molecular weight is 375 g/mol. The predicted molar refractivity (Wildman–Crippen MR) is 94.4 cm³/mol. The maximum absolute atomic E-state index is 5.80. The number of nitrogens with one attached hydrogen (secondary N) is 1. The standard InChI is InChI=1S/C15H25N3.HI/c1-4-5-10-17-15(16)18-11-13(3)14-8-6-12(2)7-9-14;/h6-9,13H,4-5,10-11H2,1-3H3,(H3,16,17,18);1H. The predicted octanol–water partition coefficient (Wildman–Crippen LogP) is 3.42. The molecular weight excluding hydrogens is 349 g/mol. The van der Waals surface area contributed by atoms with Crippen molar-refractivity contribution in [3.05, 3.63) is 35.4 Å². The summed E-state index contributed by atoms with van der Waals surface area (Å²) in [7, 11) is 0. The van der Waals surface area contributed by atoms with Gasteiger partial charge in [0.1, 0.15) is 0 Å². The van der Waals surface area contributed by atoms with Gasteiger partial charge in [0.2, 0.25) is 0 Å². The second-order valence-corrected chi connectivity index (χ2v) is 4.82. The molecule has 0 aromatic heterocycles. The van der Waals surface area contributed by atoms with Crippen molar-refractivity contribution in [1.82, 2.24) is 5.32 Å². The molecule has 3 N–H and O–H groups in total. The number of aliphatic imine (C=N–C) groups is 1. The molecular formula is C15H26IN3. The summed E-state index contributed by atoms with van der Waals surface area (Å²) in [6, 6.07) is 8.60. The van der Waals surface area contributed by atoms with Gasteiger partial charge in [-0.1, -0.05) is 50.1 Å². The first-order valence-electron chi connectivity index (χ1n) is 6.73. The van der Waals surface area contributed by atoms with Crippen molar-refractivity contribution in [3.63, 3.8) is 0 Å². The molecule has 4 heteroatoms. The number of benzene rings is 1. The van der Waals surface area contributed by atoms with Crippen molar-refractivity contribution in [2.45, 2.75) is 39.5 Å². The minimum absolute atomic E-state index is 0. The lowest BCUT2D eigenvalue weighted by atomic mass is 10.0. The summed E-state index contributed by atoms with van der Waals surface area (Å²) >= 11 is 0. The number of hydrogen-bond donors (Lipinski definition) is 2. The van der Waals surface area contributed by atoms with E-state index in [0.29, 0.717) is 11.9 Å². The summed E-state index contributed by atoms with van der Waals surface area (Å²) in [5, 5.41) is 3.13. The Morgan fingerprint density at radius 2 is 1.95 bits per heavy atom. The summed E-state index contributed by atoms with van der Waals surface area (Å²) in [6.45, 7) is 8.07. The monoisotopic (exact) mass is 375 g/mol. The van der Waals surface area contributed by atoms with Crippen molar-refractivity contribution >= 4 is 29.9 Å². The molecule has 1 aromatic carbocycles. The largest absolute Gasteiger partial charge is 0.370 e. The van der Waals surface area contributed by atoms with Crippen LogP contribution in [0.5, 0.6) is 0 Å². The van der Waals surface area contributed by atoms with Gasteiger partial charge in [-0.3, -0.25) is 4.99 Å². The van der Waals surface area contributed by atoms with Gasteiger partial charge in [0.15, 0.2) is 5.96 Å². The van der Waals surface area contributed by atoms with Crippen LogP contribution in [-0.2, 0) is 0 Å². The molecule has 0 aliphatic rings. The molecule has 0 radical (unpaired) electrons. The van der Waals surface area contributed by atoms with Crippen molar-refractivity contribution in [2.24, 2.45) is 10.7 Å². The van der Waals surface area contributed by atoms with E-state index in [9.17, 15) is 0 Å². The van der Waals surface area contributed by atoms with Crippen LogP contribution in [0.3, 0.4) is 0 Å². The Morgan fingerprint density at radius 1 is 1.32 bits per heavy atom. The molecule has 3 nitrogen and oxygen atoms in total. The maximum Gasteiger partial charge on any atom is 0.188 e. The first-order valence-corrected chi connectivity index (χ1v) is 6.73. The number of unbranched alkanes of at least 4 members (excludes halogenated alkanes) is 1. The van der Waals surface area contributed by atoms with Crippen LogP contribution < -0.4 is 11.1 Å². The van der Waals surface area contributed by atoms with Gasteiger partial charge >= 0.3 is 0 Å². The fraction of sp³-hybridized carbons (Fsp3) is 0.533. The first kappa shape index (κ1) is 18.2. The van der Waals surface area contributed by atoms with Gasteiger partial charge < -0.3 is 11.1 Å². The van der Waals surface area contributed by atoms with Gasteiger partial charge in [0, 0.05) is 19.0 Å². The normalized spacial score (nSPS) is 12.7. The molecule has 0 heterocycles. The highest BCUT2D eigenvalue weighted by Crippen LogP contribution is 2.15. The fourth-order valence-corrected chi connectivity index (χ4v) is 1.68. The Morgan fingerprint density at radius 3 is 2.53 bits per heavy atom. The fourth-order valence-electron chi connectivity index (χ4n) is 1.68. The smallest absolute Gasteiger partial charge is 0.188 e. The number of nitrogens with two attached hydrogens (primary N) is 1. The lowest BCUT2D eigenvalue weighted by Crippen LogP contribution is -2.32. The molecule has 0 saturated heterocycles. The summed E-state index contributed by atoms with van der Waals surface area (Å²) in [4.78, 5) is 4.38. The number of nitrogens with zero attached hydrogens (tertiary/aromatic N) is 1. The second kappa shape index (κ2) is 10.1. The van der Waals surface area contributed by atoms with Crippen LogP contribution in [0, 0.1) is 6.92 Å². The number of aryl methyl sites for hydroxylation is 1. The summed E-state index contributed by atoms with van der Waals surface area (Å²) in [5.41, 5.74) is 8.40. The van der Waals surface area contributed by atoms with E-state index in [2.05, 4.69) is 55.3 Å². The van der Waals surface area contributed by atoms with Gasteiger partial charge in [0.05, 0.1) is 0 Å². The van der Waals surface area contributed by atoms with Crippen LogP contribution in [-0.4, -0.2) is 19.0 Å². The van der Waals surface area contributed by atoms with Gasteiger partial charge in [-0.25, -0.2) is 0 Å². The van der Waals surface area contributed by atoms with E-state index >= 15 is 0 Å². The van der Waals surface area contributed by atoms with Crippen molar-refractivity contribution in [1.29, 1.82) is 0 Å². The zero-order chi connectivity index (χ0) is 13.4. The Balaban J connectivity index is 0.00000324. The highest BCUT2D eigenvalue weighted by atomic mass is 127. The van der Waals surface area contributed by atoms with Gasteiger partial charge in [-0.15, -0.1) is 24.0 Å². The summed E-state index contributed by atoms with van der Waals surface area (Å²) in [5.74, 6) is 0.958. The molecule has 1 rings (SSSR count). The van der Waals surface area contributed by atoms with Gasteiger partial charge in [0.25, 0.3) is 0 Å². The Hall–Kier alpha value is -0.780. The van der Waals surface area contributed by atoms with E-state index in [1.807, 2.05) is 0 Å². The number of halogens is 1. The Bertz CT molecular complexity index is 373. The molecule has 0 aliphatic carbocycles. The quantitative estimate of drug-likeness (QED) is 0.347. The molecule has 0 amide bonds. The molecule has 0 fully saturated rings. The van der Waals surface area contributed by atoms with E-state index in [4.69, 9.17) is 5.73 Å². The third-order valence-corrected chi connectivity index (χ3v) is 3.02. The third-order valence-electron chi connectivity index (χ3n) is 3.02. The van der Waals surface area contributed by atoms with Crippen LogP contribution in [0.15, 0.2) is 29.3 Å². The van der Waals surface area contributed by atoms with E-state index < -0.39 is 0 Å². The lowest BCUT2D eigenvalue weighted by molar-refractivity contribution is 0.734. The van der Waals surface area contributed by atoms with E-state index in [1.165, 1.54) is 17.5 Å². The molecule has 1 aromatic rings. The van der Waals surface area contributed by atoms with Crippen molar-refractivity contribution < 1.29 is 0 Å². The zero-order valence-electron chi connectivity index (χ0n) is 12.1. The first-order chi connectivity index (χ1) is 8.63. The average Bonchev–Trinajstić information content (AvgIpc) is 2.37. The van der Waals surface area contributed by atoms with Gasteiger partial charge in [-0.2, -0.15) is 0 Å². The molecule has 19 heavy (non-hydrogen) atoms. The van der Waals surface area contributed by atoms with Crippen LogP contribution in [0.4, 0.5) is 0 Å². The molecule has 1 unspecified atom stereocenters. The SMILES string of the molecule is CCCCNC(N)=NCC(C)c1ccc(C)cc1.I. The molecule has 0 saturated carbocycles. The third kappa shape index (κ3) is 7.40. The van der Waals surface area contributed by atoms with Crippen molar-refractivity contribution in [2.75, 3.05) is 13.1 Å². The van der Waals surface area contributed by atoms with Gasteiger partial charge in [-0.05, 0) is 18.9 Å². The lowest BCUT2D eigenvalue weighted by Gasteiger charge is -2.10. The Kier molecular flexibility index (Phi) is 9.65. The molecule has 0 aliphatic heterocycles. The summed E-state index contributed by atoms with van der Waals surface area (Å²) in [6.07, 6.45) is 2.30. The Labute approximate surface area is 134 Å². The molecule has 1 atom stereocenters. The molecule has 0 spiro atoms. The van der Waals surface area contributed by atoms with Crippen LogP contribution in [0.2, 0.25) is 0 Å². The van der Waals surface area contributed by atoms with E-state index in [0.717, 1.165) is 19.5 Å². The number of guanidine groups is 1. The minimum atomic E-state index is 0. The van der Waals surface area contributed by atoms with Crippen LogP contribution >= 0.6 is 24.0 Å². The zero-order valence-corrected chi connectivity index (χ0v) is 14.5. The minimum Gasteiger partial charge on any atom is -0.370 e. The summed E-state index contributed by atoms with van der Waals surface area (Å²) < 4.78 is 0. The highest BCUT2D eigenvalue weighted by Gasteiger charge is 2.04. The maximum atomic E-state index is 5.80. The molecule has 0 bridgehead atoms.